The average molecular weight is 767 g/mol. The number of hydrogen-bond donors (Lipinski definition) is 0. The first-order valence-corrected chi connectivity index (χ1v) is 20.2. The molecule has 1 aliphatic heterocycles. The molecular weight excluding hydrogens is 733 g/mol. The highest BCUT2D eigenvalue weighted by Crippen LogP contribution is 2.64. The zero-order chi connectivity index (χ0) is 39.6. The number of benzene rings is 8. The Hall–Kier alpha value is -8.02. The molecule has 12 rings (SSSR count). The third-order valence-corrected chi connectivity index (χ3v) is 12.0. The molecule has 0 radical (unpaired) electrons. The molecular formula is C55H34N4O. The minimum Gasteiger partial charge on any atom is -0.457 e. The highest BCUT2D eigenvalue weighted by atomic mass is 16.5. The van der Waals surface area contributed by atoms with Gasteiger partial charge in [-0.15, -0.1) is 0 Å². The van der Waals surface area contributed by atoms with E-state index in [0.717, 1.165) is 78.2 Å². The van der Waals surface area contributed by atoms with Gasteiger partial charge in [-0.2, -0.15) is 0 Å². The van der Waals surface area contributed by atoms with Crippen molar-refractivity contribution < 1.29 is 4.74 Å². The van der Waals surface area contributed by atoms with Crippen LogP contribution in [-0.4, -0.2) is 19.9 Å². The van der Waals surface area contributed by atoms with Gasteiger partial charge in [-0.05, 0) is 52.1 Å². The summed E-state index contributed by atoms with van der Waals surface area (Å²) in [5.41, 5.74) is 14.3. The van der Waals surface area contributed by atoms with Crippen molar-refractivity contribution in [3.8, 4) is 79.2 Å². The van der Waals surface area contributed by atoms with E-state index in [4.69, 9.17) is 24.7 Å². The third-order valence-electron chi connectivity index (χ3n) is 12.0. The minimum absolute atomic E-state index is 0.623. The number of fused-ring (bicyclic) bond motifs is 11. The first kappa shape index (κ1) is 34.1. The predicted octanol–water partition coefficient (Wildman–Crippen LogP) is 13.2. The van der Waals surface area contributed by atoms with Gasteiger partial charge in [0.2, 0.25) is 0 Å². The summed E-state index contributed by atoms with van der Waals surface area (Å²) in [6.07, 6.45) is 0. The number of hydrogen-bond acceptors (Lipinski definition) is 5. The molecule has 1 spiro atoms. The van der Waals surface area contributed by atoms with E-state index in [1.807, 2.05) is 60.7 Å². The number of ether oxygens (including phenoxy) is 1. The molecule has 0 N–H and O–H groups in total. The van der Waals surface area contributed by atoms with Gasteiger partial charge in [0, 0.05) is 44.3 Å². The summed E-state index contributed by atoms with van der Waals surface area (Å²) >= 11 is 0. The van der Waals surface area contributed by atoms with Gasteiger partial charge < -0.3 is 4.74 Å². The van der Waals surface area contributed by atoms with E-state index < -0.39 is 5.41 Å². The molecule has 1 atom stereocenters. The number of pyridine rings is 1. The Balaban J connectivity index is 1.06. The van der Waals surface area contributed by atoms with Gasteiger partial charge in [0.05, 0.1) is 16.6 Å². The SMILES string of the molecule is c1ccc(-c2nc(-c3ccccc3)nc(-c3ccc(-c4ccc5c(c4)C4(c6ccccc6O5)c5ccccc5-c5c(-c6ccccc6)nc6ccccc6c54)cc3)n2)cc1. The van der Waals surface area contributed by atoms with Crippen LogP contribution in [0.15, 0.2) is 206 Å². The molecule has 8 aromatic carbocycles. The standard InChI is InChI=1S/C55H34N4O/c1-4-16-36(17-5-1)51-49-41-22-10-12-24-43(41)55(50(49)42-23-11-14-26-46(42)56-51)44-25-13-15-27-47(44)60-48-33-32-40(34-45(48)55)35-28-30-39(31-29-35)54-58-52(37-18-6-2-7-19-37)57-53(59-54)38-20-8-3-9-21-38/h1-34H. The molecule has 2 aliphatic rings. The predicted molar refractivity (Wildman–Crippen MR) is 240 cm³/mol. The lowest BCUT2D eigenvalue weighted by molar-refractivity contribution is 0.437. The summed E-state index contributed by atoms with van der Waals surface area (Å²) < 4.78 is 6.85. The van der Waals surface area contributed by atoms with Crippen LogP contribution in [0.25, 0.3) is 78.6 Å². The largest absolute Gasteiger partial charge is 0.457 e. The molecule has 60 heavy (non-hydrogen) atoms. The maximum atomic E-state index is 6.85. The van der Waals surface area contributed by atoms with E-state index in [0.29, 0.717) is 17.5 Å². The lowest BCUT2D eigenvalue weighted by Crippen LogP contribution is -2.32. The molecule has 1 unspecified atom stereocenters. The maximum Gasteiger partial charge on any atom is 0.164 e. The van der Waals surface area contributed by atoms with Crippen LogP contribution in [0, 0.1) is 0 Å². The molecule has 2 aromatic heterocycles. The molecule has 0 bridgehead atoms. The summed E-state index contributed by atoms with van der Waals surface area (Å²) in [6, 6.07) is 71.9. The van der Waals surface area contributed by atoms with Crippen molar-refractivity contribution >= 4 is 10.9 Å². The van der Waals surface area contributed by atoms with Gasteiger partial charge in [-0.25, -0.2) is 19.9 Å². The van der Waals surface area contributed by atoms with E-state index in [9.17, 15) is 0 Å². The first-order chi connectivity index (χ1) is 29.7. The van der Waals surface area contributed by atoms with Crippen LogP contribution < -0.4 is 4.74 Å². The van der Waals surface area contributed by atoms with Crippen LogP contribution >= 0.6 is 0 Å². The molecule has 1 aliphatic carbocycles. The van der Waals surface area contributed by atoms with E-state index >= 15 is 0 Å². The second-order valence-corrected chi connectivity index (χ2v) is 15.3. The van der Waals surface area contributed by atoms with E-state index in [1.165, 1.54) is 16.7 Å². The first-order valence-electron chi connectivity index (χ1n) is 20.2. The summed E-state index contributed by atoms with van der Waals surface area (Å²) in [7, 11) is 0. The normalized spacial score (nSPS) is 14.5. The van der Waals surface area contributed by atoms with Crippen molar-refractivity contribution in [1.29, 1.82) is 0 Å². The van der Waals surface area contributed by atoms with Gasteiger partial charge >= 0.3 is 0 Å². The van der Waals surface area contributed by atoms with Crippen LogP contribution in [0.3, 0.4) is 0 Å². The van der Waals surface area contributed by atoms with Gasteiger partial charge in [-0.1, -0.05) is 182 Å². The van der Waals surface area contributed by atoms with Crippen molar-refractivity contribution in [2.75, 3.05) is 0 Å². The Morgan fingerprint density at radius 2 is 0.850 bits per heavy atom. The highest BCUT2D eigenvalue weighted by molar-refractivity contribution is 6.04. The summed E-state index contributed by atoms with van der Waals surface area (Å²) in [4.78, 5) is 20.3. The van der Waals surface area contributed by atoms with Crippen molar-refractivity contribution in [3.63, 3.8) is 0 Å². The molecule has 5 nitrogen and oxygen atoms in total. The highest BCUT2D eigenvalue weighted by Gasteiger charge is 2.53. The molecule has 0 fully saturated rings. The van der Waals surface area contributed by atoms with Crippen LogP contribution in [0.4, 0.5) is 0 Å². The minimum atomic E-state index is -0.690. The Kier molecular flexibility index (Phi) is 7.69. The lowest BCUT2D eigenvalue weighted by atomic mass is 9.65. The smallest absolute Gasteiger partial charge is 0.164 e. The van der Waals surface area contributed by atoms with E-state index in [-0.39, 0.29) is 0 Å². The Morgan fingerprint density at radius 1 is 0.350 bits per heavy atom. The quantitative estimate of drug-likeness (QED) is 0.175. The lowest BCUT2D eigenvalue weighted by Gasteiger charge is -2.40. The number of para-hydroxylation sites is 2. The monoisotopic (exact) mass is 766 g/mol. The summed E-state index contributed by atoms with van der Waals surface area (Å²) in [5, 5.41) is 1.13. The molecule has 280 valence electrons. The van der Waals surface area contributed by atoms with Crippen LogP contribution in [0.2, 0.25) is 0 Å². The second-order valence-electron chi connectivity index (χ2n) is 15.3. The number of rotatable bonds is 5. The van der Waals surface area contributed by atoms with Crippen molar-refractivity contribution in [1.82, 2.24) is 19.9 Å². The fourth-order valence-electron chi connectivity index (χ4n) is 9.36. The van der Waals surface area contributed by atoms with Crippen LogP contribution in [0.1, 0.15) is 22.3 Å². The fraction of sp³-hybridized carbons (Fsp3) is 0.0182. The molecule has 10 aromatic rings. The fourth-order valence-corrected chi connectivity index (χ4v) is 9.36. The Bertz CT molecular complexity index is 3220. The second kappa shape index (κ2) is 13.5. The molecule has 0 amide bonds. The van der Waals surface area contributed by atoms with Crippen LogP contribution in [0.5, 0.6) is 11.5 Å². The molecule has 5 heteroatoms. The Labute approximate surface area is 347 Å². The van der Waals surface area contributed by atoms with Gasteiger partial charge in [0.15, 0.2) is 17.5 Å². The zero-order valence-electron chi connectivity index (χ0n) is 32.3. The maximum absolute atomic E-state index is 6.85. The van der Waals surface area contributed by atoms with E-state index in [1.54, 1.807) is 0 Å². The van der Waals surface area contributed by atoms with Gasteiger partial charge in [0.25, 0.3) is 0 Å². The molecule has 3 heterocycles. The van der Waals surface area contributed by atoms with Gasteiger partial charge in [-0.3, -0.25) is 0 Å². The average Bonchev–Trinajstić information content (AvgIpc) is 3.63. The van der Waals surface area contributed by atoms with Crippen LogP contribution in [-0.2, 0) is 5.41 Å². The molecule has 0 saturated carbocycles. The number of nitrogens with zero attached hydrogens (tertiary/aromatic N) is 4. The topological polar surface area (TPSA) is 60.8 Å². The summed E-state index contributed by atoms with van der Waals surface area (Å²) in [6.45, 7) is 0. The van der Waals surface area contributed by atoms with E-state index in [2.05, 4.69) is 146 Å². The zero-order valence-corrected chi connectivity index (χ0v) is 32.3. The third kappa shape index (κ3) is 5.19. The number of aromatic nitrogens is 4. The van der Waals surface area contributed by atoms with Gasteiger partial charge in [0.1, 0.15) is 11.5 Å². The van der Waals surface area contributed by atoms with Crippen molar-refractivity contribution in [2.24, 2.45) is 0 Å². The Morgan fingerprint density at radius 3 is 1.53 bits per heavy atom. The van der Waals surface area contributed by atoms with Crippen molar-refractivity contribution in [3.05, 3.63) is 229 Å². The summed E-state index contributed by atoms with van der Waals surface area (Å²) in [5.74, 6) is 3.59. The van der Waals surface area contributed by atoms with Crippen molar-refractivity contribution in [2.45, 2.75) is 5.41 Å². The molecule has 0 saturated heterocycles.